The lowest BCUT2D eigenvalue weighted by atomic mass is 9.89. The topological polar surface area (TPSA) is 79.3 Å². The van der Waals surface area contributed by atoms with Gasteiger partial charge in [-0.1, -0.05) is 49.6 Å². The van der Waals surface area contributed by atoms with Crippen LogP contribution >= 0.6 is 0 Å². The Bertz CT molecular complexity index is 1170. The van der Waals surface area contributed by atoms with Crippen molar-refractivity contribution in [3.05, 3.63) is 59.7 Å². The number of rotatable bonds is 4. The summed E-state index contributed by atoms with van der Waals surface area (Å²) in [5.74, 6) is 0.527. The molecule has 8 heteroatoms. The van der Waals surface area contributed by atoms with Crippen LogP contribution in [0.15, 0.2) is 58.4 Å². The van der Waals surface area contributed by atoms with Gasteiger partial charge >= 0.3 is 0 Å². The van der Waals surface area contributed by atoms with Crippen LogP contribution in [0.1, 0.15) is 43.2 Å². The highest BCUT2D eigenvalue weighted by Gasteiger charge is 2.31. The van der Waals surface area contributed by atoms with E-state index in [4.69, 9.17) is 4.74 Å². The summed E-state index contributed by atoms with van der Waals surface area (Å²) in [6.07, 6.45) is 5.11. The molecular weight excluding hydrogens is 438 g/mol. The zero-order chi connectivity index (χ0) is 22.8. The van der Waals surface area contributed by atoms with Crippen molar-refractivity contribution in [2.45, 2.75) is 43.5 Å². The van der Waals surface area contributed by atoms with E-state index in [2.05, 4.69) is 4.99 Å². The summed E-state index contributed by atoms with van der Waals surface area (Å²) in [6, 6.07) is 14.9. The molecule has 2 aromatic rings. The van der Waals surface area contributed by atoms with E-state index in [9.17, 15) is 13.2 Å². The number of amides is 1. The smallest absolute Gasteiger partial charge is 0.250 e. The molecule has 174 valence electrons. The molecule has 0 atom stereocenters. The fourth-order valence-electron chi connectivity index (χ4n) is 4.89. The summed E-state index contributed by atoms with van der Waals surface area (Å²) in [7, 11) is -3.62. The van der Waals surface area contributed by atoms with Gasteiger partial charge in [0.25, 0.3) is 5.91 Å². The lowest BCUT2D eigenvalue weighted by Gasteiger charge is -2.27. The van der Waals surface area contributed by atoms with Crippen LogP contribution in [0, 0.1) is 5.92 Å². The fourth-order valence-corrected chi connectivity index (χ4v) is 6.34. The van der Waals surface area contributed by atoms with E-state index in [1.165, 1.54) is 10.7 Å². The van der Waals surface area contributed by atoms with E-state index in [0.29, 0.717) is 38.7 Å². The van der Waals surface area contributed by atoms with Crippen LogP contribution in [-0.2, 0) is 26.1 Å². The normalized spacial score (nSPS) is 21.3. The van der Waals surface area contributed by atoms with E-state index in [1.54, 1.807) is 18.2 Å². The number of morpholine rings is 1. The Morgan fingerprint density at radius 3 is 2.52 bits per heavy atom. The van der Waals surface area contributed by atoms with Crippen molar-refractivity contribution in [2.75, 3.05) is 31.2 Å². The second-order valence-corrected chi connectivity index (χ2v) is 10.8. The van der Waals surface area contributed by atoms with E-state index < -0.39 is 10.0 Å². The number of nitrogens with zero attached hydrogens (tertiary/aromatic N) is 3. The summed E-state index contributed by atoms with van der Waals surface area (Å²) in [5, 5.41) is 0. The van der Waals surface area contributed by atoms with E-state index in [-0.39, 0.29) is 16.7 Å². The largest absolute Gasteiger partial charge is 0.379 e. The predicted molar refractivity (Wildman–Crippen MR) is 127 cm³/mol. The molecule has 0 bridgehead atoms. The molecular formula is C25H29N3O4S. The van der Waals surface area contributed by atoms with Crippen LogP contribution in [0.5, 0.6) is 0 Å². The standard InChI is InChI=1S/C25H29N3O4S/c29-25(19-7-2-1-3-8-19)26-24-23-12-5-4-9-20(23)18-28(24)21-10-6-11-22(17-21)33(30,31)27-13-15-32-16-14-27/h4-6,9-12,17,19H,1-3,7-8,13-16,18H2. The molecule has 2 aliphatic heterocycles. The molecule has 0 N–H and O–H groups in total. The highest BCUT2D eigenvalue weighted by Crippen LogP contribution is 2.32. The Kier molecular flexibility index (Phi) is 6.32. The van der Waals surface area contributed by atoms with Crippen LogP contribution in [0.4, 0.5) is 5.69 Å². The van der Waals surface area contributed by atoms with Gasteiger partial charge in [-0.25, -0.2) is 8.42 Å². The second-order valence-electron chi connectivity index (χ2n) is 8.87. The van der Waals surface area contributed by atoms with E-state index in [0.717, 1.165) is 42.5 Å². The molecule has 2 fully saturated rings. The maximum Gasteiger partial charge on any atom is 0.250 e. The number of ether oxygens (including phenoxy) is 1. The van der Waals surface area contributed by atoms with Gasteiger partial charge < -0.3 is 9.64 Å². The molecule has 2 aromatic carbocycles. The number of carbonyl (C=O) groups is 1. The molecule has 2 heterocycles. The van der Waals surface area contributed by atoms with Crippen molar-refractivity contribution in [3.8, 4) is 0 Å². The molecule has 33 heavy (non-hydrogen) atoms. The van der Waals surface area contributed by atoms with Gasteiger partial charge in [-0.05, 0) is 36.6 Å². The number of sulfonamides is 1. The maximum atomic E-state index is 13.2. The molecule has 1 saturated heterocycles. The first-order valence-corrected chi connectivity index (χ1v) is 13.1. The van der Waals surface area contributed by atoms with Crippen LogP contribution < -0.4 is 4.90 Å². The summed E-state index contributed by atoms with van der Waals surface area (Å²) < 4.78 is 33.2. The van der Waals surface area contributed by atoms with Gasteiger partial charge in [0.1, 0.15) is 5.84 Å². The summed E-state index contributed by atoms with van der Waals surface area (Å²) in [4.78, 5) is 19.9. The van der Waals surface area contributed by atoms with Gasteiger partial charge in [0.15, 0.2) is 0 Å². The third kappa shape index (κ3) is 4.47. The lowest BCUT2D eigenvalue weighted by Crippen LogP contribution is -2.40. The Morgan fingerprint density at radius 1 is 0.970 bits per heavy atom. The monoisotopic (exact) mass is 467 g/mol. The Hall–Kier alpha value is -2.55. The fraction of sp³-hybridized carbons (Fsp3) is 0.440. The van der Waals surface area contributed by atoms with Crippen molar-refractivity contribution in [3.63, 3.8) is 0 Å². The van der Waals surface area contributed by atoms with Gasteiger partial charge in [0, 0.05) is 30.3 Å². The van der Waals surface area contributed by atoms with Gasteiger partial charge in [0.2, 0.25) is 10.0 Å². The SMILES string of the molecule is O=C(N=C1c2ccccc2CN1c1cccc(S(=O)(=O)N2CCOCC2)c1)C1CCCCC1. The quantitative estimate of drug-likeness (QED) is 0.687. The Balaban J connectivity index is 1.49. The van der Waals surface area contributed by atoms with Gasteiger partial charge in [0.05, 0.1) is 24.7 Å². The molecule has 0 spiro atoms. The molecule has 1 amide bonds. The second kappa shape index (κ2) is 9.37. The molecule has 1 aliphatic carbocycles. The maximum absolute atomic E-state index is 13.2. The minimum absolute atomic E-state index is 0.0195. The minimum Gasteiger partial charge on any atom is -0.379 e. The van der Waals surface area contributed by atoms with Gasteiger partial charge in [-0.15, -0.1) is 0 Å². The molecule has 7 nitrogen and oxygen atoms in total. The number of amidine groups is 1. The highest BCUT2D eigenvalue weighted by atomic mass is 32.2. The number of aliphatic imine (C=N–C) groups is 1. The third-order valence-electron chi connectivity index (χ3n) is 6.75. The van der Waals surface area contributed by atoms with Gasteiger partial charge in [-0.2, -0.15) is 9.30 Å². The highest BCUT2D eigenvalue weighted by molar-refractivity contribution is 7.89. The lowest BCUT2D eigenvalue weighted by molar-refractivity contribution is -0.122. The summed E-state index contributed by atoms with van der Waals surface area (Å²) >= 11 is 0. The molecule has 3 aliphatic rings. The van der Waals surface area contributed by atoms with Crippen LogP contribution in [-0.4, -0.2) is 50.8 Å². The molecule has 0 unspecified atom stereocenters. The van der Waals surface area contributed by atoms with Crippen molar-refractivity contribution in [1.82, 2.24) is 4.31 Å². The van der Waals surface area contributed by atoms with Crippen molar-refractivity contribution in [2.24, 2.45) is 10.9 Å². The number of fused-ring (bicyclic) bond motifs is 1. The number of anilines is 1. The van der Waals surface area contributed by atoms with E-state index >= 15 is 0 Å². The Labute approximate surface area is 195 Å². The average Bonchev–Trinajstić information content (AvgIpc) is 3.23. The Morgan fingerprint density at radius 2 is 1.73 bits per heavy atom. The zero-order valence-corrected chi connectivity index (χ0v) is 19.5. The number of carbonyl (C=O) groups excluding carboxylic acids is 1. The molecule has 0 aromatic heterocycles. The minimum atomic E-state index is -3.62. The summed E-state index contributed by atoms with van der Waals surface area (Å²) in [5.41, 5.74) is 2.73. The van der Waals surface area contributed by atoms with Crippen molar-refractivity contribution < 1.29 is 17.9 Å². The third-order valence-corrected chi connectivity index (χ3v) is 8.64. The number of hydrogen-bond acceptors (Lipinski definition) is 4. The van der Waals surface area contributed by atoms with Gasteiger partial charge in [-0.3, -0.25) is 4.79 Å². The first kappa shape index (κ1) is 22.3. The first-order chi connectivity index (χ1) is 16.0. The summed E-state index contributed by atoms with van der Waals surface area (Å²) in [6.45, 7) is 2.06. The number of hydrogen-bond donors (Lipinski definition) is 0. The van der Waals surface area contributed by atoms with Crippen molar-refractivity contribution in [1.29, 1.82) is 0 Å². The number of benzene rings is 2. The van der Waals surface area contributed by atoms with Crippen LogP contribution in [0.25, 0.3) is 0 Å². The predicted octanol–water partition coefficient (Wildman–Crippen LogP) is 3.58. The average molecular weight is 468 g/mol. The molecule has 5 rings (SSSR count). The van der Waals surface area contributed by atoms with E-state index in [1.807, 2.05) is 35.2 Å². The zero-order valence-electron chi connectivity index (χ0n) is 18.7. The van der Waals surface area contributed by atoms with Crippen LogP contribution in [0.3, 0.4) is 0 Å². The van der Waals surface area contributed by atoms with Crippen molar-refractivity contribution >= 4 is 27.5 Å². The van der Waals surface area contributed by atoms with Crippen LogP contribution in [0.2, 0.25) is 0 Å². The molecule has 1 saturated carbocycles. The molecule has 0 radical (unpaired) electrons. The first-order valence-electron chi connectivity index (χ1n) is 11.7.